The number of rotatable bonds is 2. The molecule has 0 amide bonds. The van der Waals surface area contributed by atoms with E-state index in [0.29, 0.717) is 12.0 Å². The molecule has 4 nitrogen and oxygen atoms in total. The van der Waals surface area contributed by atoms with Crippen molar-refractivity contribution in [3.63, 3.8) is 0 Å². The largest absolute Gasteiger partial charge is 0.379 e. The summed E-state index contributed by atoms with van der Waals surface area (Å²) in [6.07, 6.45) is 0. The van der Waals surface area contributed by atoms with Gasteiger partial charge in [-0.25, -0.2) is 0 Å². The first-order chi connectivity index (χ1) is 9.20. The van der Waals surface area contributed by atoms with Crippen LogP contribution in [0.25, 0.3) is 0 Å². The molecule has 2 aliphatic heterocycles. The van der Waals surface area contributed by atoms with E-state index >= 15 is 0 Å². The van der Waals surface area contributed by atoms with Crippen LogP contribution in [0.1, 0.15) is 11.4 Å². The Bertz CT molecular complexity index is 437. The van der Waals surface area contributed by atoms with Crippen LogP contribution in [0.15, 0.2) is 18.2 Å². The highest BCUT2D eigenvalue weighted by Crippen LogP contribution is 2.20. The minimum absolute atomic E-state index is 0.500. The van der Waals surface area contributed by atoms with Gasteiger partial charge in [-0.15, -0.1) is 0 Å². The van der Waals surface area contributed by atoms with Crippen LogP contribution < -0.4 is 0 Å². The molecule has 0 N–H and O–H groups in total. The van der Waals surface area contributed by atoms with Gasteiger partial charge in [0.25, 0.3) is 0 Å². The predicted octanol–water partition coefficient (Wildman–Crippen LogP) is 1.15. The maximum atomic E-state index is 5.81. The highest BCUT2D eigenvalue weighted by Gasteiger charge is 2.32. The van der Waals surface area contributed by atoms with E-state index in [1.807, 2.05) is 0 Å². The number of likely N-dealkylation sites (N-methyl/N-ethyl adjacent to an activating group) is 1. The van der Waals surface area contributed by atoms with E-state index in [-0.39, 0.29) is 0 Å². The van der Waals surface area contributed by atoms with Gasteiger partial charge in [-0.2, -0.15) is 0 Å². The molecule has 2 bridgehead atoms. The zero-order valence-corrected chi connectivity index (χ0v) is 11.9. The summed E-state index contributed by atoms with van der Waals surface area (Å²) in [6.45, 7) is 8.13. The maximum absolute atomic E-state index is 5.81. The zero-order valence-electron chi connectivity index (χ0n) is 11.9. The van der Waals surface area contributed by atoms with Crippen LogP contribution in [-0.2, 0) is 11.3 Å². The van der Waals surface area contributed by atoms with Gasteiger partial charge in [0.05, 0.1) is 18.9 Å². The minimum Gasteiger partial charge on any atom is -0.379 e. The van der Waals surface area contributed by atoms with Crippen LogP contribution in [-0.4, -0.2) is 60.7 Å². The van der Waals surface area contributed by atoms with Crippen molar-refractivity contribution in [1.82, 2.24) is 14.8 Å². The number of pyridine rings is 1. The molecular weight excluding hydrogens is 238 g/mol. The number of hydrogen-bond donors (Lipinski definition) is 0. The summed E-state index contributed by atoms with van der Waals surface area (Å²) >= 11 is 0. The first-order valence-electron chi connectivity index (χ1n) is 7.13. The SMILES string of the molecule is Cc1cccc(CN2C[C@H]3COC[C@@H]2CN(C)C3)n1. The van der Waals surface area contributed by atoms with Gasteiger partial charge >= 0.3 is 0 Å². The predicted molar refractivity (Wildman–Crippen MR) is 75.0 cm³/mol. The quantitative estimate of drug-likeness (QED) is 0.798. The van der Waals surface area contributed by atoms with E-state index in [2.05, 4.69) is 47.0 Å². The molecule has 3 heterocycles. The molecule has 3 rings (SSSR count). The highest BCUT2D eigenvalue weighted by molar-refractivity contribution is 5.10. The highest BCUT2D eigenvalue weighted by atomic mass is 16.5. The van der Waals surface area contributed by atoms with Crippen LogP contribution >= 0.6 is 0 Å². The Balaban J connectivity index is 1.76. The number of aryl methyl sites for hydroxylation is 1. The molecule has 0 spiro atoms. The molecule has 2 atom stereocenters. The van der Waals surface area contributed by atoms with Gasteiger partial charge < -0.3 is 9.64 Å². The van der Waals surface area contributed by atoms with Crippen molar-refractivity contribution in [2.45, 2.75) is 19.5 Å². The first kappa shape index (κ1) is 13.0. The van der Waals surface area contributed by atoms with E-state index in [9.17, 15) is 0 Å². The Labute approximate surface area is 115 Å². The van der Waals surface area contributed by atoms with Gasteiger partial charge in [0.15, 0.2) is 0 Å². The number of ether oxygens (including phenoxy) is 1. The second kappa shape index (κ2) is 5.57. The van der Waals surface area contributed by atoms with Gasteiger partial charge in [0.1, 0.15) is 0 Å². The van der Waals surface area contributed by atoms with E-state index < -0.39 is 0 Å². The Morgan fingerprint density at radius 3 is 3.00 bits per heavy atom. The van der Waals surface area contributed by atoms with Crippen molar-refractivity contribution < 1.29 is 4.74 Å². The topological polar surface area (TPSA) is 28.6 Å². The third-order valence-corrected chi connectivity index (χ3v) is 4.08. The lowest BCUT2D eigenvalue weighted by molar-refractivity contribution is 0.0560. The number of aromatic nitrogens is 1. The lowest BCUT2D eigenvalue weighted by Gasteiger charge is -2.29. The van der Waals surface area contributed by atoms with Crippen LogP contribution in [0.5, 0.6) is 0 Å². The normalized spacial score (nSPS) is 29.2. The summed E-state index contributed by atoms with van der Waals surface area (Å²) < 4.78 is 5.81. The number of fused-ring (bicyclic) bond motifs is 3. The van der Waals surface area contributed by atoms with Crippen LogP contribution in [0.4, 0.5) is 0 Å². The second-order valence-corrected chi connectivity index (χ2v) is 5.98. The molecule has 2 saturated heterocycles. The summed E-state index contributed by atoms with van der Waals surface area (Å²) in [7, 11) is 2.22. The summed E-state index contributed by atoms with van der Waals surface area (Å²) in [5.41, 5.74) is 2.28. The maximum Gasteiger partial charge on any atom is 0.0634 e. The van der Waals surface area contributed by atoms with Crippen molar-refractivity contribution in [1.29, 1.82) is 0 Å². The molecule has 1 aromatic heterocycles. The van der Waals surface area contributed by atoms with Crippen LogP contribution in [0.3, 0.4) is 0 Å². The minimum atomic E-state index is 0.500. The zero-order chi connectivity index (χ0) is 13.2. The lowest BCUT2D eigenvalue weighted by atomic mass is 10.1. The Kier molecular flexibility index (Phi) is 3.82. The Morgan fingerprint density at radius 1 is 1.26 bits per heavy atom. The summed E-state index contributed by atoms with van der Waals surface area (Å²) in [4.78, 5) is 9.64. The van der Waals surface area contributed by atoms with Crippen LogP contribution in [0.2, 0.25) is 0 Å². The second-order valence-electron chi connectivity index (χ2n) is 5.98. The molecule has 2 fully saturated rings. The fourth-order valence-electron chi connectivity index (χ4n) is 3.25. The third kappa shape index (κ3) is 3.14. The third-order valence-electron chi connectivity index (χ3n) is 4.08. The van der Waals surface area contributed by atoms with Crippen molar-refractivity contribution in [3.05, 3.63) is 29.6 Å². The average molecular weight is 261 g/mol. The van der Waals surface area contributed by atoms with Crippen molar-refractivity contribution >= 4 is 0 Å². The first-order valence-corrected chi connectivity index (χ1v) is 7.13. The smallest absolute Gasteiger partial charge is 0.0634 e. The Morgan fingerprint density at radius 2 is 2.16 bits per heavy atom. The molecule has 4 heteroatoms. The average Bonchev–Trinajstić information content (AvgIpc) is 2.59. The number of hydrogen-bond acceptors (Lipinski definition) is 4. The molecule has 1 aromatic rings. The van der Waals surface area contributed by atoms with Gasteiger partial charge in [0, 0.05) is 43.8 Å². The lowest BCUT2D eigenvalue weighted by Crippen LogP contribution is -2.42. The fourth-order valence-corrected chi connectivity index (χ4v) is 3.25. The molecule has 0 unspecified atom stereocenters. The molecular formula is C15H23N3O. The van der Waals surface area contributed by atoms with E-state index in [4.69, 9.17) is 4.74 Å². The molecule has 2 aliphatic rings. The molecule has 0 aliphatic carbocycles. The summed E-state index contributed by atoms with van der Waals surface area (Å²) in [5, 5.41) is 0. The summed E-state index contributed by atoms with van der Waals surface area (Å²) in [5.74, 6) is 0.627. The van der Waals surface area contributed by atoms with E-state index in [1.54, 1.807) is 0 Å². The van der Waals surface area contributed by atoms with Gasteiger partial charge in [-0.05, 0) is 26.1 Å². The van der Waals surface area contributed by atoms with Gasteiger partial charge in [-0.1, -0.05) is 6.07 Å². The van der Waals surface area contributed by atoms with Gasteiger partial charge in [0.2, 0.25) is 0 Å². The Hall–Kier alpha value is -0.970. The molecule has 0 saturated carbocycles. The molecule has 104 valence electrons. The van der Waals surface area contributed by atoms with Crippen molar-refractivity contribution in [2.24, 2.45) is 5.92 Å². The van der Waals surface area contributed by atoms with E-state index in [1.165, 1.54) is 5.69 Å². The molecule has 19 heavy (non-hydrogen) atoms. The van der Waals surface area contributed by atoms with Gasteiger partial charge in [-0.3, -0.25) is 9.88 Å². The summed E-state index contributed by atoms with van der Waals surface area (Å²) in [6, 6.07) is 6.79. The fraction of sp³-hybridized carbons (Fsp3) is 0.667. The van der Waals surface area contributed by atoms with Crippen LogP contribution in [0, 0.1) is 12.8 Å². The number of nitrogens with zero attached hydrogens (tertiary/aromatic N) is 3. The van der Waals surface area contributed by atoms with Crippen molar-refractivity contribution in [3.8, 4) is 0 Å². The standard InChI is InChI=1S/C15H23N3O/c1-12-4-3-5-14(16-12)8-18-7-13-6-17(2)9-15(18)11-19-10-13/h3-5,13,15H,6-11H2,1-2H3/t13-,15-/m0/s1. The molecule has 0 radical (unpaired) electrons. The molecule has 0 aromatic carbocycles. The van der Waals surface area contributed by atoms with Crippen molar-refractivity contribution in [2.75, 3.05) is 39.9 Å². The van der Waals surface area contributed by atoms with E-state index in [0.717, 1.165) is 45.1 Å². The monoisotopic (exact) mass is 261 g/mol.